The summed E-state index contributed by atoms with van der Waals surface area (Å²) in [7, 11) is 3.07. The second-order valence-electron chi connectivity index (χ2n) is 7.02. The van der Waals surface area contributed by atoms with E-state index in [0.29, 0.717) is 22.2 Å². The third-order valence-corrected chi connectivity index (χ3v) is 4.38. The molecule has 1 atom stereocenters. The maximum atomic E-state index is 11.7. The Morgan fingerprint density at radius 1 is 1.40 bits per heavy atom. The molecule has 1 heterocycles. The van der Waals surface area contributed by atoms with Crippen molar-refractivity contribution in [1.29, 1.82) is 0 Å². The first-order chi connectivity index (χ1) is 11.6. The van der Waals surface area contributed by atoms with Gasteiger partial charge in [0, 0.05) is 18.1 Å². The van der Waals surface area contributed by atoms with Crippen LogP contribution in [0.4, 0.5) is 5.69 Å². The van der Waals surface area contributed by atoms with Gasteiger partial charge in [-0.05, 0) is 24.0 Å². The van der Waals surface area contributed by atoms with Gasteiger partial charge in [-0.3, -0.25) is 0 Å². The Morgan fingerprint density at radius 3 is 2.60 bits per heavy atom. The molecule has 7 heteroatoms. The summed E-state index contributed by atoms with van der Waals surface area (Å²) in [5, 5.41) is 14.0. The van der Waals surface area contributed by atoms with Crippen LogP contribution < -0.4 is 5.32 Å². The number of carbonyl (C=O) groups excluding carboxylic acids is 1. The Labute approximate surface area is 152 Å². The summed E-state index contributed by atoms with van der Waals surface area (Å²) < 4.78 is 6.41. The molecule has 136 valence electrons. The number of benzene rings is 1. The van der Waals surface area contributed by atoms with E-state index in [1.165, 1.54) is 19.4 Å². The van der Waals surface area contributed by atoms with Crippen molar-refractivity contribution in [2.45, 2.75) is 39.2 Å². The number of nitrogens with one attached hydrogen (secondary N) is 1. The summed E-state index contributed by atoms with van der Waals surface area (Å²) in [5.74, 6) is 0.261. The molecule has 0 bridgehead atoms. The van der Waals surface area contributed by atoms with E-state index in [2.05, 4.69) is 31.1 Å². The van der Waals surface area contributed by atoms with E-state index in [-0.39, 0.29) is 17.2 Å². The van der Waals surface area contributed by atoms with E-state index in [4.69, 9.17) is 16.3 Å². The highest BCUT2D eigenvalue weighted by atomic mass is 35.5. The highest BCUT2D eigenvalue weighted by Gasteiger charge is 2.22. The summed E-state index contributed by atoms with van der Waals surface area (Å²) in [4.78, 5) is 16.0. The number of nitrogens with zero attached hydrogens (tertiary/aromatic N) is 2. The number of anilines is 1. The SMILES string of the molecule is COC(=O)c1cnc(C(C)Nc2cc(C(C)(C)C)c(Cl)cc2O)n1C. The molecule has 0 fully saturated rings. The van der Waals surface area contributed by atoms with Crippen LogP contribution in [0.15, 0.2) is 18.3 Å². The van der Waals surface area contributed by atoms with Gasteiger partial charge in [0.05, 0.1) is 25.0 Å². The average Bonchev–Trinajstić information content (AvgIpc) is 2.89. The monoisotopic (exact) mass is 365 g/mol. The van der Waals surface area contributed by atoms with Gasteiger partial charge in [0.15, 0.2) is 0 Å². The van der Waals surface area contributed by atoms with Gasteiger partial charge in [0.25, 0.3) is 0 Å². The van der Waals surface area contributed by atoms with Crippen LogP contribution in [0.5, 0.6) is 5.75 Å². The fourth-order valence-electron chi connectivity index (χ4n) is 2.67. The molecule has 25 heavy (non-hydrogen) atoms. The van der Waals surface area contributed by atoms with Crippen molar-refractivity contribution in [2.75, 3.05) is 12.4 Å². The van der Waals surface area contributed by atoms with Crippen LogP contribution in [0.1, 0.15) is 55.6 Å². The molecule has 6 nitrogen and oxygen atoms in total. The third kappa shape index (κ3) is 3.90. The van der Waals surface area contributed by atoms with Gasteiger partial charge in [0.1, 0.15) is 17.3 Å². The van der Waals surface area contributed by atoms with Gasteiger partial charge in [-0.25, -0.2) is 9.78 Å². The van der Waals surface area contributed by atoms with Crippen LogP contribution in [-0.2, 0) is 17.2 Å². The molecule has 0 aliphatic heterocycles. The van der Waals surface area contributed by atoms with E-state index in [1.54, 1.807) is 11.6 Å². The number of imidazole rings is 1. The molecule has 2 rings (SSSR count). The van der Waals surface area contributed by atoms with E-state index < -0.39 is 5.97 Å². The van der Waals surface area contributed by atoms with Crippen molar-refractivity contribution in [2.24, 2.45) is 7.05 Å². The lowest BCUT2D eigenvalue weighted by Crippen LogP contribution is -2.16. The molecule has 0 amide bonds. The van der Waals surface area contributed by atoms with Crippen molar-refractivity contribution in [1.82, 2.24) is 9.55 Å². The highest BCUT2D eigenvalue weighted by molar-refractivity contribution is 6.31. The molecule has 0 saturated heterocycles. The van der Waals surface area contributed by atoms with E-state index in [9.17, 15) is 9.90 Å². The first-order valence-electron chi connectivity index (χ1n) is 7.95. The van der Waals surface area contributed by atoms with Gasteiger partial charge in [-0.1, -0.05) is 32.4 Å². The largest absolute Gasteiger partial charge is 0.506 e. The Kier molecular flexibility index (Phi) is 5.32. The van der Waals surface area contributed by atoms with Crippen LogP contribution in [0, 0.1) is 0 Å². The lowest BCUT2D eigenvalue weighted by molar-refractivity contribution is 0.0589. The van der Waals surface area contributed by atoms with Crippen molar-refractivity contribution in [3.05, 3.63) is 40.4 Å². The number of aromatic nitrogens is 2. The number of halogens is 1. The maximum Gasteiger partial charge on any atom is 0.356 e. The van der Waals surface area contributed by atoms with Crippen LogP contribution >= 0.6 is 11.6 Å². The van der Waals surface area contributed by atoms with Gasteiger partial charge < -0.3 is 19.7 Å². The molecule has 0 aliphatic carbocycles. The Balaban J connectivity index is 2.34. The fraction of sp³-hybridized carbons (Fsp3) is 0.444. The predicted octanol–water partition coefficient (Wildman–Crippen LogP) is 4.04. The molecule has 1 unspecified atom stereocenters. The summed E-state index contributed by atoms with van der Waals surface area (Å²) in [6, 6.07) is 3.14. The van der Waals surface area contributed by atoms with Crippen molar-refractivity contribution < 1.29 is 14.6 Å². The Bertz CT molecular complexity index is 794. The minimum Gasteiger partial charge on any atom is -0.506 e. The number of phenols is 1. The molecule has 0 radical (unpaired) electrons. The van der Waals surface area contributed by atoms with Gasteiger partial charge in [0.2, 0.25) is 0 Å². The van der Waals surface area contributed by atoms with Crippen LogP contribution in [0.3, 0.4) is 0 Å². The van der Waals surface area contributed by atoms with Gasteiger partial charge in [-0.15, -0.1) is 0 Å². The molecule has 0 saturated carbocycles. The molecule has 1 aromatic heterocycles. The zero-order chi connectivity index (χ0) is 18.9. The molecule has 0 spiro atoms. The normalized spacial score (nSPS) is 12.8. The van der Waals surface area contributed by atoms with Crippen LogP contribution in [-0.4, -0.2) is 27.7 Å². The zero-order valence-electron chi connectivity index (χ0n) is 15.3. The van der Waals surface area contributed by atoms with E-state index >= 15 is 0 Å². The summed E-state index contributed by atoms with van der Waals surface area (Å²) in [5.41, 5.74) is 1.69. The second kappa shape index (κ2) is 6.96. The van der Waals surface area contributed by atoms with Gasteiger partial charge in [-0.2, -0.15) is 0 Å². The molecular weight excluding hydrogens is 342 g/mol. The first kappa shape index (κ1) is 19.1. The second-order valence-corrected chi connectivity index (χ2v) is 7.42. The number of hydrogen-bond acceptors (Lipinski definition) is 5. The quantitative estimate of drug-likeness (QED) is 0.631. The lowest BCUT2D eigenvalue weighted by atomic mass is 9.86. The number of phenolic OH excluding ortho intramolecular Hbond substituents is 1. The Morgan fingerprint density at radius 2 is 2.04 bits per heavy atom. The minimum atomic E-state index is -0.446. The minimum absolute atomic E-state index is 0.0623. The summed E-state index contributed by atoms with van der Waals surface area (Å²) in [6.45, 7) is 8.06. The zero-order valence-corrected chi connectivity index (χ0v) is 16.1. The number of aromatic hydroxyl groups is 1. The van der Waals surface area contributed by atoms with Crippen molar-refractivity contribution >= 4 is 23.3 Å². The van der Waals surface area contributed by atoms with E-state index in [1.807, 2.05) is 13.0 Å². The smallest absolute Gasteiger partial charge is 0.356 e. The van der Waals surface area contributed by atoms with Crippen molar-refractivity contribution in [3.8, 4) is 5.75 Å². The molecule has 0 aliphatic rings. The standard InChI is InChI=1S/C18H24ClN3O3/c1-10(16-20-9-14(22(16)5)17(24)25-6)21-13-7-11(18(2,3)4)12(19)8-15(13)23/h7-10,21,23H,1-6H3. The van der Waals surface area contributed by atoms with Gasteiger partial charge >= 0.3 is 5.97 Å². The average molecular weight is 366 g/mol. The molecular formula is C18H24ClN3O3. The Hall–Kier alpha value is -2.21. The maximum absolute atomic E-state index is 11.7. The number of rotatable bonds is 4. The molecule has 1 aromatic carbocycles. The fourth-order valence-corrected chi connectivity index (χ4v) is 3.11. The molecule has 2 N–H and O–H groups in total. The number of methoxy groups -OCH3 is 1. The topological polar surface area (TPSA) is 76.4 Å². The number of esters is 1. The van der Waals surface area contributed by atoms with Crippen molar-refractivity contribution in [3.63, 3.8) is 0 Å². The first-order valence-corrected chi connectivity index (χ1v) is 8.33. The number of ether oxygens (including phenoxy) is 1. The van der Waals surface area contributed by atoms with Crippen LogP contribution in [0.2, 0.25) is 5.02 Å². The number of carbonyl (C=O) groups is 1. The highest BCUT2D eigenvalue weighted by Crippen LogP contribution is 2.38. The molecule has 2 aromatic rings. The third-order valence-electron chi connectivity index (χ3n) is 4.07. The predicted molar refractivity (Wildman–Crippen MR) is 98.4 cm³/mol. The van der Waals surface area contributed by atoms with Crippen LogP contribution in [0.25, 0.3) is 0 Å². The number of hydrogen-bond donors (Lipinski definition) is 2. The summed E-state index contributed by atoms with van der Waals surface area (Å²) in [6.07, 6.45) is 1.47. The van der Waals surface area contributed by atoms with E-state index in [0.717, 1.165) is 5.56 Å². The lowest BCUT2D eigenvalue weighted by Gasteiger charge is -2.24. The summed E-state index contributed by atoms with van der Waals surface area (Å²) >= 11 is 6.26.